The molecule has 25 heavy (non-hydrogen) atoms. The molecule has 0 saturated carbocycles. The maximum absolute atomic E-state index is 13.1. The van der Waals surface area contributed by atoms with Gasteiger partial charge in [-0.2, -0.15) is 0 Å². The van der Waals surface area contributed by atoms with Crippen molar-refractivity contribution in [1.82, 2.24) is 15.1 Å². The molecule has 136 valence electrons. The number of hydrogen-bond acceptors (Lipinski definition) is 3. The Morgan fingerprint density at radius 2 is 2.16 bits per heavy atom. The van der Waals surface area contributed by atoms with Crippen LogP contribution in [0.2, 0.25) is 0 Å². The summed E-state index contributed by atoms with van der Waals surface area (Å²) in [5, 5.41) is 6.24. The fourth-order valence-corrected chi connectivity index (χ4v) is 3.62. The van der Waals surface area contributed by atoms with Crippen LogP contribution in [-0.4, -0.2) is 60.5 Å². The van der Waals surface area contributed by atoms with E-state index in [1.165, 1.54) is 0 Å². The van der Waals surface area contributed by atoms with Crippen LogP contribution < -0.4 is 10.6 Å². The lowest BCUT2D eigenvalue weighted by Gasteiger charge is -2.37. The van der Waals surface area contributed by atoms with Gasteiger partial charge in [-0.1, -0.05) is 25.5 Å². The molecule has 0 aliphatic carbocycles. The first-order valence-corrected chi connectivity index (χ1v) is 9.37. The lowest BCUT2D eigenvalue weighted by Crippen LogP contribution is -2.50. The molecule has 2 heterocycles. The van der Waals surface area contributed by atoms with Gasteiger partial charge in [0.05, 0.1) is 11.6 Å². The van der Waals surface area contributed by atoms with Gasteiger partial charge >= 0.3 is 6.03 Å². The van der Waals surface area contributed by atoms with Crippen LogP contribution in [0.3, 0.4) is 0 Å². The minimum absolute atomic E-state index is 0.000862. The highest BCUT2D eigenvalue weighted by molar-refractivity contribution is 5.99. The molecule has 2 aliphatic heterocycles. The van der Waals surface area contributed by atoms with Gasteiger partial charge in [-0.15, -0.1) is 0 Å². The molecule has 1 aromatic rings. The Labute approximate surface area is 149 Å². The largest absolute Gasteiger partial charge is 0.384 e. The van der Waals surface area contributed by atoms with E-state index >= 15 is 0 Å². The first kappa shape index (κ1) is 17.6. The van der Waals surface area contributed by atoms with Crippen molar-refractivity contribution in [3.63, 3.8) is 0 Å². The van der Waals surface area contributed by atoms with Crippen molar-refractivity contribution in [2.45, 2.75) is 38.6 Å². The normalized spacial score (nSPS) is 20.5. The third-order valence-electron chi connectivity index (χ3n) is 5.02. The van der Waals surface area contributed by atoms with E-state index in [1.54, 1.807) is 0 Å². The Balaban J connectivity index is 1.69. The van der Waals surface area contributed by atoms with Crippen molar-refractivity contribution in [2.24, 2.45) is 0 Å². The predicted molar refractivity (Wildman–Crippen MR) is 98.9 cm³/mol. The van der Waals surface area contributed by atoms with Crippen LogP contribution >= 0.6 is 0 Å². The van der Waals surface area contributed by atoms with Gasteiger partial charge in [-0.3, -0.25) is 4.79 Å². The van der Waals surface area contributed by atoms with Crippen molar-refractivity contribution in [1.29, 1.82) is 0 Å². The van der Waals surface area contributed by atoms with Crippen molar-refractivity contribution >= 4 is 17.6 Å². The van der Waals surface area contributed by atoms with Crippen LogP contribution in [-0.2, 0) is 0 Å². The number of hydrogen-bond donors (Lipinski definition) is 2. The summed E-state index contributed by atoms with van der Waals surface area (Å²) in [6, 6.07) is 7.86. The standard InChI is InChI=1S/C19H28N4O2/c1-2-3-10-20-17-9-5-4-8-16(17)18(24)22-12-6-7-15(14-22)23-13-11-21-19(23)25/h4-5,8-9,15,20H,2-3,6-7,10-14H2,1H3,(H,21,25)/t15-/m0/s1. The zero-order valence-electron chi connectivity index (χ0n) is 15.0. The highest BCUT2D eigenvalue weighted by atomic mass is 16.2. The summed E-state index contributed by atoms with van der Waals surface area (Å²) in [5.41, 5.74) is 1.63. The van der Waals surface area contributed by atoms with E-state index in [1.807, 2.05) is 34.1 Å². The average molecular weight is 344 g/mol. The summed E-state index contributed by atoms with van der Waals surface area (Å²) in [7, 11) is 0. The summed E-state index contributed by atoms with van der Waals surface area (Å²) in [6.45, 7) is 5.84. The number of nitrogens with zero attached hydrogens (tertiary/aromatic N) is 2. The maximum Gasteiger partial charge on any atom is 0.317 e. The molecule has 0 spiro atoms. The van der Waals surface area contributed by atoms with Gasteiger partial charge in [-0.25, -0.2) is 4.79 Å². The average Bonchev–Trinajstić information content (AvgIpc) is 3.08. The SMILES string of the molecule is CCCCNc1ccccc1C(=O)N1CCC[C@H](N2CCNC2=O)C1. The Bertz CT molecular complexity index is 619. The van der Waals surface area contributed by atoms with E-state index in [4.69, 9.17) is 0 Å². The minimum Gasteiger partial charge on any atom is -0.384 e. The van der Waals surface area contributed by atoms with Gasteiger partial charge in [0.15, 0.2) is 0 Å². The minimum atomic E-state index is 0.000862. The molecule has 1 aromatic carbocycles. The summed E-state index contributed by atoms with van der Waals surface area (Å²) in [5.74, 6) is 0.0592. The van der Waals surface area contributed by atoms with Crippen LogP contribution in [0.25, 0.3) is 0 Å². The fraction of sp³-hybridized carbons (Fsp3) is 0.579. The summed E-state index contributed by atoms with van der Waals surface area (Å²) >= 11 is 0. The van der Waals surface area contributed by atoms with E-state index < -0.39 is 0 Å². The Morgan fingerprint density at radius 3 is 2.92 bits per heavy atom. The number of carbonyl (C=O) groups is 2. The number of carbonyl (C=O) groups excluding carboxylic acids is 2. The molecule has 1 atom stereocenters. The van der Waals surface area contributed by atoms with Crippen molar-refractivity contribution in [2.75, 3.05) is 38.0 Å². The van der Waals surface area contributed by atoms with E-state index in [-0.39, 0.29) is 18.0 Å². The number of nitrogens with one attached hydrogen (secondary N) is 2. The smallest absolute Gasteiger partial charge is 0.317 e. The first-order valence-electron chi connectivity index (χ1n) is 9.37. The van der Waals surface area contributed by atoms with Crippen molar-refractivity contribution in [3.05, 3.63) is 29.8 Å². The Kier molecular flexibility index (Phi) is 5.79. The van der Waals surface area contributed by atoms with Crippen LogP contribution in [0.15, 0.2) is 24.3 Å². The Hall–Kier alpha value is -2.24. The van der Waals surface area contributed by atoms with Crippen LogP contribution in [0.4, 0.5) is 10.5 Å². The summed E-state index contributed by atoms with van der Waals surface area (Å²) in [4.78, 5) is 28.8. The monoisotopic (exact) mass is 344 g/mol. The number of para-hydroxylation sites is 1. The Morgan fingerprint density at radius 1 is 1.32 bits per heavy atom. The lowest BCUT2D eigenvalue weighted by atomic mass is 10.0. The molecule has 2 N–H and O–H groups in total. The molecule has 6 nitrogen and oxygen atoms in total. The van der Waals surface area contributed by atoms with Gasteiger partial charge in [0.2, 0.25) is 0 Å². The maximum atomic E-state index is 13.1. The first-order chi connectivity index (χ1) is 12.2. The second-order valence-electron chi connectivity index (χ2n) is 6.80. The van der Waals surface area contributed by atoms with Crippen LogP contribution in [0, 0.1) is 0 Å². The third-order valence-corrected chi connectivity index (χ3v) is 5.02. The number of urea groups is 1. The lowest BCUT2D eigenvalue weighted by molar-refractivity contribution is 0.0635. The number of likely N-dealkylation sites (tertiary alicyclic amines) is 1. The van der Waals surface area contributed by atoms with E-state index in [2.05, 4.69) is 17.6 Å². The van der Waals surface area contributed by atoms with Crippen molar-refractivity contribution in [3.8, 4) is 0 Å². The zero-order chi connectivity index (χ0) is 17.6. The van der Waals surface area contributed by atoms with Crippen molar-refractivity contribution < 1.29 is 9.59 Å². The molecule has 0 aromatic heterocycles. The summed E-state index contributed by atoms with van der Waals surface area (Å²) < 4.78 is 0. The molecule has 0 unspecified atom stereocenters. The molecule has 2 saturated heterocycles. The highest BCUT2D eigenvalue weighted by Crippen LogP contribution is 2.22. The fourth-order valence-electron chi connectivity index (χ4n) is 3.62. The van der Waals surface area contributed by atoms with Gasteiger partial charge in [0, 0.05) is 38.4 Å². The molecular formula is C19H28N4O2. The van der Waals surface area contributed by atoms with E-state index in [0.29, 0.717) is 13.1 Å². The summed E-state index contributed by atoms with van der Waals surface area (Å²) in [6.07, 6.45) is 4.10. The number of anilines is 1. The zero-order valence-corrected chi connectivity index (χ0v) is 15.0. The molecule has 2 fully saturated rings. The number of rotatable bonds is 6. The van der Waals surface area contributed by atoms with Gasteiger partial charge in [0.25, 0.3) is 5.91 Å². The third kappa shape index (κ3) is 4.06. The molecule has 0 bridgehead atoms. The number of unbranched alkanes of at least 4 members (excludes halogenated alkanes) is 1. The molecule has 3 rings (SSSR count). The molecule has 2 aliphatic rings. The number of amides is 3. The number of piperidine rings is 1. The van der Waals surface area contributed by atoms with Gasteiger partial charge in [-0.05, 0) is 31.4 Å². The topological polar surface area (TPSA) is 64.7 Å². The number of benzene rings is 1. The highest BCUT2D eigenvalue weighted by Gasteiger charge is 2.33. The van der Waals surface area contributed by atoms with Gasteiger partial charge < -0.3 is 20.4 Å². The van der Waals surface area contributed by atoms with Crippen LogP contribution in [0.1, 0.15) is 43.0 Å². The molecule has 3 amide bonds. The van der Waals surface area contributed by atoms with E-state index in [9.17, 15) is 9.59 Å². The molecule has 6 heteroatoms. The molecule has 0 radical (unpaired) electrons. The van der Waals surface area contributed by atoms with E-state index in [0.717, 1.165) is 56.6 Å². The van der Waals surface area contributed by atoms with Gasteiger partial charge in [0.1, 0.15) is 0 Å². The second-order valence-corrected chi connectivity index (χ2v) is 6.80. The second kappa shape index (κ2) is 8.23. The quantitative estimate of drug-likeness (QED) is 0.780. The van der Waals surface area contributed by atoms with Crippen LogP contribution in [0.5, 0.6) is 0 Å². The molecular weight excluding hydrogens is 316 g/mol. The predicted octanol–water partition coefficient (Wildman–Crippen LogP) is 2.53.